The Kier molecular flexibility index (Phi) is 6.60. The predicted octanol–water partition coefficient (Wildman–Crippen LogP) is 3.25. The molecule has 24 heavy (non-hydrogen) atoms. The van der Waals surface area contributed by atoms with Gasteiger partial charge in [-0.25, -0.2) is 4.79 Å². The molecule has 1 aromatic heterocycles. The van der Waals surface area contributed by atoms with Crippen LogP contribution in [0.2, 0.25) is 0 Å². The van der Waals surface area contributed by atoms with Gasteiger partial charge in [0, 0.05) is 31.5 Å². The minimum Gasteiger partial charge on any atom is -0.444 e. The fourth-order valence-corrected chi connectivity index (χ4v) is 3.07. The summed E-state index contributed by atoms with van der Waals surface area (Å²) >= 11 is 0. The molecule has 134 valence electrons. The van der Waals surface area contributed by atoms with Crippen LogP contribution in [-0.2, 0) is 11.2 Å². The van der Waals surface area contributed by atoms with Gasteiger partial charge in [0.25, 0.3) is 0 Å². The maximum atomic E-state index is 12.3. The first-order valence-corrected chi connectivity index (χ1v) is 8.95. The Labute approximate surface area is 145 Å². The van der Waals surface area contributed by atoms with Crippen molar-refractivity contribution < 1.29 is 9.53 Å². The maximum Gasteiger partial charge on any atom is 0.410 e. The van der Waals surface area contributed by atoms with Gasteiger partial charge in [-0.05, 0) is 71.0 Å². The van der Waals surface area contributed by atoms with Crippen molar-refractivity contribution in [3.8, 4) is 0 Å². The standard InChI is InChI=1S/C19H31N3O2/c1-15(21-11-9-16-7-5-10-20-13-16)17-8-6-12-22(14-17)18(23)24-19(2,3)4/h5,7,10,13,15,17,21H,6,8-9,11-12,14H2,1-4H3. The SMILES string of the molecule is CC(NCCc1cccnc1)C1CCCN(C(=O)OC(C)(C)C)C1. The minimum absolute atomic E-state index is 0.185. The number of nitrogens with one attached hydrogen (secondary N) is 1. The Bertz CT molecular complexity index is 513. The minimum atomic E-state index is -0.433. The molecular weight excluding hydrogens is 302 g/mol. The summed E-state index contributed by atoms with van der Waals surface area (Å²) in [6.07, 6.45) is 6.69. The normalized spacial score (nSPS) is 19.8. The van der Waals surface area contributed by atoms with Crippen molar-refractivity contribution in [2.75, 3.05) is 19.6 Å². The van der Waals surface area contributed by atoms with Gasteiger partial charge in [0.05, 0.1) is 0 Å². The summed E-state index contributed by atoms with van der Waals surface area (Å²) in [5.74, 6) is 0.472. The van der Waals surface area contributed by atoms with E-state index >= 15 is 0 Å². The largest absolute Gasteiger partial charge is 0.444 e. The lowest BCUT2D eigenvalue weighted by Gasteiger charge is -2.36. The van der Waals surface area contributed by atoms with Crippen molar-refractivity contribution in [1.29, 1.82) is 0 Å². The predicted molar refractivity (Wildman–Crippen MR) is 95.9 cm³/mol. The van der Waals surface area contributed by atoms with Crippen LogP contribution in [0.25, 0.3) is 0 Å². The molecule has 0 radical (unpaired) electrons. The van der Waals surface area contributed by atoms with E-state index in [2.05, 4.69) is 23.3 Å². The van der Waals surface area contributed by atoms with E-state index in [4.69, 9.17) is 4.74 Å². The number of aromatic nitrogens is 1. The van der Waals surface area contributed by atoms with Crippen LogP contribution in [0, 0.1) is 5.92 Å². The van der Waals surface area contributed by atoms with Crippen LogP contribution in [-0.4, -0.2) is 47.3 Å². The van der Waals surface area contributed by atoms with E-state index < -0.39 is 5.60 Å². The molecule has 1 saturated heterocycles. The van der Waals surface area contributed by atoms with Gasteiger partial charge in [-0.1, -0.05) is 6.07 Å². The van der Waals surface area contributed by atoms with Crippen molar-refractivity contribution in [3.05, 3.63) is 30.1 Å². The smallest absolute Gasteiger partial charge is 0.410 e. The van der Waals surface area contributed by atoms with Crippen LogP contribution in [0.5, 0.6) is 0 Å². The zero-order valence-electron chi connectivity index (χ0n) is 15.4. The van der Waals surface area contributed by atoms with Crippen molar-refractivity contribution in [2.24, 2.45) is 5.92 Å². The number of carbonyl (C=O) groups is 1. The molecule has 2 heterocycles. The molecule has 5 heteroatoms. The number of likely N-dealkylation sites (tertiary alicyclic amines) is 1. The molecule has 1 fully saturated rings. The third kappa shape index (κ3) is 6.11. The molecule has 2 unspecified atom stereocenters. The molecular formula is C19H31N3O2. The van der Waals surface area contributed by atoms with E-state index in [-0.39, 0.29) is 6.09 Å². The van der Waals surface area contributed by atoms with Crippen molar-refractivity contribution in [3.63, 3.8) is 0 Å². The number of hydrogen-bond donors (Lipinski definition) is 1. The summed E-state index contributed by atoms with van der Waals surface area (Å²) in [5.41, 5.74) is 0.814. The molecule has 1 N–H and O–H groups in total. The molecule has 0 bridgehead atoms. The molecule has 1 aliphatic rings. The number of hydrogen-bond acceptors (Lipinski definition) is 4. The summed E-state index contributed by atoms with van der Waals surface area (Å²) in [7, 11) is 0. The molecule has 0 aromatic carbocycles. The van der Waals surface area contributed by atoms with Crippen LogP contribution in [0.15, 0.2) is 24.5 Å². The van der Waals surface area contributed by atoms with Gasteiger partial charge in [0.1, 0.15) is 5.60 Å². The van der Waals surface area contributed by atoms with Crippen molar-refractivity contribution in [1.82, 2.24) is 15.2 Å². The molecule has 0 aliphatic carbocycles. The molecule has 2 atom stereocenters. The number of ether oxygens (including phenoxy) is 1. The lowest BCUT2D eigenvalue weighted by atomic mass is 9.91. The molecule has 5 nitrogen and oxygen atoms in total. The first-order chi connectivity index (χ1) is 11.3. The van der Waals surface area contributed by atoms with Gasteiger partial charge in [0.2, 0.25) is 0 Å². The van der Waals surface area contributed by atoms with Gasteiger partial charge < -0.3 is 15.0 Å². The van der Waals surface area contributed by atoms with Crippen molar-refractivity contribution >= 4 is 6.09 Å². The van der Waals surface area contributed by atoms with Crippen molar-refractivity contribution in [2.45, 2.75) is 58.6 Å². The number of amides is 1. The van der Waals surface area contributed by atoms with Crippen LogP contribution in [0.4, 0.5) is 4.79 Å². The van der Waals surface area contributed by atoms with Gasteiger partial charge in [-0.15, -0.1) is 0 Å². The second kappa shape index (κ2) is 8.47. The molecule has 1 aromatic rings. The third-order valence-corrected chi connectivity index (χ3v) is 4.42. The highest BCUT2D eigenvalue weighted by atomic mass is 16.6. The molecule has 1 aliphatic heterocycles. The van der Waals surface area contributed by atoms with Crippen LogP contribution in [0.1, 0.15) is 46.1 Å². The highest BCUT2D eigenvalue weighted by Gasteiger charge is 2.29. The summed E-state index contributed by atoms with van der Waals surface area (Å²) in [5, 5.41) is 3.60. The number of nitrogens with zero attached hydrogens (tertiary/aromatic N) is 2. The Hall–Kier alpha value is -1.62. The zero-order valence-corrected chi connectivity index (χ0v) is 15.4. The Morgan fingerprint density at radius 3 is 2.96 bits per heavy atom. The third-order valence-electron chi connectivity index (χ3n) is 4.42. The Morgan fingerprint density at radius 1 is 1.50 bits per heavy atom. The van der Waals surface area contributed by atoms with Crippen LogP contribution in [0.3, 0.4) is 0 Å². The lowest BCUT2D eigenvalue weighted by Crippen LogP contribution is -2.48. The van der Waals surface area contributed by atoms with Gasteiger partial charge in [-0.2, -0.15) is 0 Å². The van der Waals surface area contributed by atoms with E-state index in [0.717, 1.165) is 38.9 Å². The van der Waals surface area contributed by atoms with Gasteiger partial charge >= 0.3 is 6.09 Å². The number of rotatable bonds is 5. The summed E-state index contributed by atoms with van der Waals surface area (Å²) in [6.45, 7) is 10.4. The summed E-state index contributed by atoms with van der Waals surface area (Å²) < 4.78 is 5.50. The lowest BCUT2D eigenvalue weighted by molar-refractivity contribution is 0.0149. The highest BCUT2D eigenvalue weighted by Crippen LogP contribution is 2.21. The van der Waals surface area contributed by atoms with E-state index in [1.807, 2.05) is 37.9 Å². The van der Waals surface area contributed by atoms with Gasteiger partial charge in [-0.3, -0.25) is 4.98 Å². The first kappa shape index (κ1) is 18.7. The monoisotopic (exact) mass is 333 g/mol. The second-order valence-corrected chi connectivity index (χ2v) is 7.68. The highest BCUT2D eigenvalue weighted by molar-refractivity contribution is 5.68. The van der Waals surface area contributed by atoms with Gasteiger partial charge in [0.15, 0.2) is 0 Å². The van der Waals surface area contributed by atoms with E-state index in [1.165, 1.54) is 5.56 Å². The quantitative estimate of drug-likeness (QED) is 0.899. The molecule has 2 rings (SSSR count). The number of carbonyl (C=O) groups excluding carboxylic acids is 1. The topological polar surface area (TPSA) is 54.5 Å². The summed E-state index contributed by atoms with van der Waals surface area (Å²) in [4.78, 5) is 18.3. The summed E-state index contributed by atoms with van der Waals surface area (Å²) in [6, 6.07) is 4.45. The molecule has 1 amide bonds. The fourth-order valence-electron chi connectivity index (χ4n) is 3.07. The van der Waals surface area contributed by atoms with E-state index in [9.17, 15) is 4.79 Å². The first-order valence-electron chi connectivity index (χ1n) is 8.95. The Balaban J connectivity index is 1.77. The second-order valence-electron chi connectivity index (χ2n) is 7.68. The Morgan fingerprint density at radius 2 is 2.29 bits per heavy atom. The van der Waals surface area contributed by atoms with E-state index in [1.54, 1.807) is 6.20 Å². The molecule has 0 spiro atoms. The average molecular weight is 333 g/mol. The number of pyridine rings is 1. The number of piperidine rings is 1. The van der Waals surface area contributed by atoms with Crippen LogP contribution >= 0.6 is 0 Å². The van der Waals surface area contributed by atoms with E-state index in [0.29, 0.717) is 12.0 Å². The zero-order chi connectivity index (χ0) is 17.6. The average Bonchev–Trinajstić information content (AvgIpc) is 2.54. The molecule has 0 saturated carbocycles. The maximum absolute atomic E-state index is 12.3. The van der Waals surface area contributed by atoms with Crippen LogP contribution < -0.4 is 5.32 Å². The fraction of sp³-hybridized carbons (Fsp3) is 0.684.